The Morgan fingerprint density at radius 3 is 2.76 bits per heavy atom. The normalized spacial score (nSPS) is 34.2. The number of amides is 3. The van der Waals surface area contributed by atoms with Crippen LogP contribution < -0.4 is 5.32 Å². The van der Waals surface area contributed by atoms with Gasteiger partial charge in [0.15, 0.2) is 0 Å². The molecule has 2 aliphatic rings. The summed E-state index contributed by atoms with van der Waals surface area (Å²) in [6.45, 7) is 1.30. The van der Waals surface area contributed by atoms with Gasteiger partial charge in [-0.05, 0) is 0 Å². The highest BCUT2D eigenvalue weighted by Crippen LogP contribution is 2.37. The van der Waals surface area contributed by atoms with E-state index >= 15 is 0 Å². The van der Waals surface area contributed by atoms with Gasteiger partial charge in [0, 0.05) is 13.0 Å². The number of carbonyl (C=O) groups excluding carboxylic acids is 2. The van der Waals surface area contributed by atoms with Gasteiger partial charge >= 0.3 is 13.9 Å². The smallest absolute Gasteiger partial charge is 0.390 e. The number of phosphoric ester groups is 1. The van der Waals surface area contributed by atoms with Gasteiger partial charge in [-0.15, -0.1) is 0 Å². The van der Waals surface area contributed by atoms with Gasteiger partial charge in [0.05, 0.1) is 18.6 Å². The van der Waals surface area contributed by atoms with Gasteiger partial charge in [-0.1, -0.05) is 6.92 Å². The van der Waals surface area contributed by atoms with Crippen LogP contribution in [0.1, 0.15) is 13.3 Å². The van der Waals surface area contributed by atoms with E-state index in [1.165, 1.54) is 4.90 Å². The van der Waals surface area contributed by atoms with Crippen molar-refractivity contribution in [2.75, 3.05) is 13.2 Å². The summed E-state index contributed by atoms with van der Waals surface area (Å²) >= 11 is 0. The summed E-state index contributed by atoms with van der Waals surface area (Å²) in [6, 6.07) is -0.619. The number of hydrogen-bond donors (Lipinski definition) is 4. The zero-order chi connectivity index (χ0) is 15.8. The van der Waals surface area contributed by atoms with E-state index in [2.05, 4.69) is 9.84 Å². The van der Waals surface area contributed by atoms with Crippen molar-refractivity contribution in [2.24, 2.45) is 5.92 Å². The molecule has 2 saturated heterocycles. The number of phosphoric acid groups is 1. The molecule has 2 heterocycles. The van der Waals surface area contributed by atoms with Gasteiger partial charge in [0.2, 0.25) is 5.91 Å². The molecule has 2 aliphatic heterocycles. The molecule has 11 heteroatoms. The summed E-state index contributed by atoms with van der Waals surface area (Å²) in [7, 11) is -4.66. The number of nitrogens with one attached hydrogen (secondary N) is 1. The van der Waals surface area contributed by atoms with E-state index in [4.69, 9.17) is 14.5 Å². The van der Waals surface area contributed by atoms with Crippen molar-refractivity contribution in [3.63, 3.8) is 0 Å². The maximum atomic E-state index is 11.7. The van der Waals surface area contributed by atoms with Crippen LogP contribution in [0.5, 0.6) is 0 Å². The summed E-state index contributed by atoms with van der Waals surface area (Å²) in [5.41, 5.74) is 0. The lowest BCUT2D eigenvalue weighted by Gasteiger charge is -2.34. The number of urea groups is 1. The summed E-state index contributed by atoms with van der Waals surface area (Å²) in [5.74, 6) is -0.787. The van der Waals surface area contributed by atoms with E-state index in [-0.39, 0.29) is 18.9 Å². The monoisotopic (exact) mass is 324 g/mol. The first kappa shape index (κ1) is 16.3. The largest absolute Gasteiger partial charge is 0.469 e. The van der Waals surface area contributed by atoms with Crippen molar-refractivity contribution in [3.05, 3.63) is 0 Å². The van der Waals surface area contributed by atoms with E-state index < -0.39 is 44.8 Å². The Morgan fingerprint density at radius 2 is 2.14 bits per heavy atom. The molecule has 0 saturated carbocycles. The molecule has 0 radical (unpaired) electrons. The van der Waals surface area contributed by atoms with Crippen LogP contribution in [0.3, 0.4) is 0 Å². The molecule has 2 rings (SSSR count). The van der Waals surface area contributed by atoms with Gasteiger partial charge in [-0.3, -0.25) is 19.5 Å². The summed E-state index contributed by atoms with van der Waals surface area (Å²) in [5, 5.41) is 12.0. The lowest BCUT2D eigenvalue weighted by Crippen LogP contribution is -2.57. The molecule has 0 aromatic carbocycles. The first-order chi connectivity index (χ1) is 9.67. The molecular weight excluding hydrogens is 307 g/mol. The molecule has 21 heavy (non-hydrogen) atoms. The maximum absolute atomic E-state index is 11.7. The number of aliphatic hydroxyl groups is 1. The molecule has 2 fully saturated rings. The van der Waals surface area contributed by atoms with E-state index in [0.717, 1.165) is 0 Å². The molecule has 0 aliphatic carbocycles. The van der Waals surface area contributed by atoms with Crippen molar-refractivity contribution in [2.45, 2.75) is 31.8 Å². The van der Waals surface area contributed by atoms with E-state index in [1.807, 2.05) is 0 Å². The highest BCUT2D eigenvalue weighted by molar-refractivity contribution is 7.46. The fourth-order valence-corrected chi connectivity index (χ4v) is 2.58. The zero-order valence-electron chi connectivity index (χ0n) is 11.2. The van der Waals surface area contributed by atoms with Gasteiger partial charge in [0.25, 0.3) is 0 Å². The minimum Gasteiger partial charge on any atom is -0.390 e. The maximum Gasteiger partial charge on any atom is 0.469 e. The zero-order valence-corrected chi connectivity index (χ0v) is 12.1. The Bertz CT molecular complexity index is 480. The average molecular weight is 324 g/mol. The fourth-order valence-electron chi connectivity index (χ4n) is 2.24. The predicted octanol–water partition coefficient (Wildman–Crippen LogP) is -1.24. The van der Waals surface area contributed by atoms with Crippen LogP contribution in [0.2, 0.25) is 0 Å². The fraction of sp³-hybridized carbons (Fsp3) is 0.800. The van der Waals surface area contributed by atoms with Crippen molar-refractivity contribution < 1.29 is 38.3 Å². The van der Waals surface area contributed by atoms with Crippen LogP contribution in [-0.4, -0.2) is 63.3 Å². The van der Waals surface area contributed by atoms with Crippen LogP contribution >= 0.6 is 7.82 Å². The first-order valence-electron chi connectivity index (χ1n) is 6.32. The van der Waals surface area contributed by atoms with Crippen molar-refractivity contribution >= 4 is 19.8 Å². The number of hydrogen-bond acceptors (Lipinski definition) is 6. The third-order valence-electron chi connectivity index (χ3n) is 3.37. The number of ether oxygens (including phenoxy) is 1. The Hall–Kier alpha value is -1.03. The molecule has 4 unspecified atom stereocenters. The van der Waals surface area contributed by atoms with E-state index in [9.17, 15) is 19.3 Å². The van der Waals surface area contributed by atoms with Gasteiger partial charge in [0.1, 0.15) is 12.3 Å². The Balaban J connectivity index is 1.95. The number of carbonyl (C=O) groups is 2. The summed E-state index contributed by atoms with van der Waals surface area (Å²) < 4.78 is 20.3. The Morgan fingerprint density at radius 1 is 1.48 bits per heavy atom. The van der Waals surface area contributed by atoms with Gasteiger partial charge in [-0.2, -0.15) is 0 Å². The third kappa shape index (κ3) is 4.00. The minimum absolute atomic E-state index is 0.0729. The molecule has 0 aromatic rings. The third-order valence-corrected chi connectivity index (χ3v) is 3.85. The predicted molar refractivity (Wildman–Crippen MR) is 66.7 cm³/mol. The van der Waals surface area contributed by atoms with Crippen LogP contribution in [0.15, 0.2) is 0 Å². The van der Waals surface area contributed by atoms with Crippen LogP contribution in [0.4, 0.5) is 4.79 Å². The second-order valence-corrected chi connectivity index (χ2v) is 6.31. The van der Waals surface area contributed by atoms with E-state index in [1.54, 1.807) is 6.92 Å². The highest BCUT2D eigenvalue weighted by Gasteiger charge is 2.42. The average Bonchev–Trinajstić information content (AvgIpc) is 2.72. The molecule has 4 atom stereocenters. The standard InChI is InChI=1S/C10H17N2O8P/c1-5-3-12(10(15)11-9(5)14)8-2-6(13)7(20-8)4-19-21(16,17)18/h5-8,13H,2-4H2,1H3,(H,11,14,15)(H2,16,17,18). The van der Waals surface area contributed by atoms with Crippen LogP contribution in [-0.2, 0) is 18.6 Å². The van der Waals surface area contributed by atoms with E-state index in [0.29, 0.717) is 0 Å². The molecular formula is C10H17N2O8P. The Labute approximate surface area is 120 Å². The minimum atomic E-state index is -4.66. The number of rotatable bonds is 4. The molecule has 4 N–H and O–H groups in total. The lowest BCUT2D eigenvalue weighted by atomic mass is 10.1. The van der Waals surface area contributed by atoms with Gasteiger partial charge in [-0.25, -0.2) is 9.36 Å². The first-order valence-corrected chi connectivity index (χ1v) is 7.85. The molecule has 0 aromatic heterocycles. The summed E-state index contributed by atoms with van der Waals surface area (Å²) in [4.78, 5) is 41.6. The quantitative estimate of drug-likeness (QED) is 0.470. The molecule has 0 spiro atoms. The number of aliphatic hydroxyl groups excluding tert-OH is 1. The molecule has 3 amide bonds. The SMILES string of the molecule is CC1CN(C2CC(O)C(COP(=O)(O)O)O2)C(=O)NC1=O. The second-order valence-electron chi connectivity index (χ2n) is 5.07. The number of nitrogens with zero attached hydrogens (tertiary/aromatic N) is 1. The number of imide groups is 1. The van der Waals surface area contributed by atoms with Crippen molar-refractivity contribution in [1.82, 2.24) is 10.2 Å². The lowest BCUT2D eigenvalue weighted by molar-refractivity contribution is -0.128. The van der Waals surface area contributed by atoms with Crippen molar-refractivity contribution in [1.29, 1.82) is 0 Å². The van der Waals surface area contributed by atoms with Crippen LogP contribution in [0, 0.1) is 5.92 Å². The molecule has 120 valence electrons. The van der Waals surface area contributed by atoms with Crippen LogP contribution in [0.25, 0.3) is 0 Å². The topological polar surface area (TPSA) is 146 Å². The highest BCUT2D eigenvalue weighted by atomic mass is 31.2. The second kappa shape index (κ2) is 5.99. The Kier molecular flexibility index (Phi) is 4.66. The van der Waals surface area contributed by atoms with Gasteiger partial charge < -0.3 is 19.6 Å². The molecule has 10 nitrogen and oxygen atoms in total. The summed E-state index contributed by atoms with van der Waals surface area (Å²) in [6.07, 6.45) is -2.68. The molecule has 0 bridgehead atoms. The van der Waals surface area contributed by atoms with Crippen molar-refractivity contribution in [3.8, 4) is 0 Å².